The van der Waals surface area contributed by atoms with Crippen LogP contribution in [0.25, 0.3) is 0 Å². The summed E-state index contributed by atoms with van der Waals surface area (Å²) < 4.78 is 41.5. The van der Waals surface area contributed by atoms with E-state index in [1.165, 1.54) is 0 Å². The van der Waals surface area contributed by atoms with Crippen molar-refractivity contribution in [3.05, 3.63) is 0 Å². The van der Waals surface area contributed by atoms with Gasteiger partial charge in [-0.1, -0.05) is 27.7 Å². The molecule has 0 atom stereocenters. The van der Waals surface area contributed by atoms with Crippen LogP contribution in [0.4, 0.5) is 13.2 Å². The highest BCUT2D eigenvalue weighted by molar-refractivity contribution is 5.77. The quantitative estimate of drug-likeness (QED) is 0.789. The molecule has 0 amide bonds. The summed E-state index contributed by atoms with van der Waals surface area (Å²) in [5, 5.41) is 2.93. The second-order valence-electron chi connectivity index (χ2n) is 3.81. The molecule has 0 spiro atoms. The van der Waals surface area contributed by atoms with Crippen molar-refractivity contribution < 1.29 is 22.7 Å². The van der Waals surface area contributed by atoms with Crippen molar-refractivity contribution in [2.24, 2.45) is 5.41 Å². The fraction of sp³-hybridized carbons (Fsp3) is 0.923. The largest absolute Gasteiger partial charge is 0.469 e. The number of esters is 1. The van der Waals surface area contributed by atoms with Crippen molar-refractivity contribution in [1.82, 2.24) is 5.32 Å². The van der Waals surface area contributed by atoms with Crippen molar-refractivity contribution >= 4 is 5.97 Å². The van der Waals surface area contributed by atoms with Crippen LogP contribution in [0, 0.1) is 5.41 Å². The number of carbonyl (C=O) groups is 1. The Balaban J connectivity index is 0. The van der Waals surface area contributed by atoms with E-state index in [1.54, 1.807) is 0 Å². The van der Waals surface area contributed by atoms with Gasteiger partial charge >= 0.3 is 12.1 Å². The molecule has 0 bridgehead atoms. The minimum absolute atomic E-state index is 0.180. The third kappa shape index (κ3) is 7.40. The Bertz CT molecular complexity index is 237. The molecule has 0 radical (unpaired) electrons. The first-order chi connectivity index (χ1) is 8.90. The SMILES string of the molecule is CC.CC.COC(=O)C1(CC(F)(F)F)CCNCC1. The van der Waals surface area contributed by atoms with Crippen molar-refractivity contribution in [1.29, 1.82) is 0 Å². The van der Waals surface area contributed by atoms with E-state index in [0.29, 0.717) is 13.1 Å². The lowest BCUT2D eigenvalue weighted by molar-refractivity contribution is -0.184. The molecule has 1 N–H and O–H groups in total. The normalized spacial score (nSPS) is 17.3. The number of rotatable bonds is 2. The maximum atomic E-state index is 12.4. The maximum Gasteiger partial charge on any atom is 0.390 e. The van der Waals surface area contributed by atoms with Crippen LogP contribution in [0.15, 0.2) is 0 Å². The molecule has 0 saturated carbocycles. The number of methoxy groups -OCH3 is 1. The fourth-order valence-electron chi connectivity index (χ4n) is 1.96. The minimum Gasteiger partial charge on any atom is -0.469 e. The van der Waals surface area contributed by atoms with Crippen LogP contribution < -0.4 is 5.32 Å². The van der Waals surface area contributed by atoms with E-state index in [0.717, 1.165) is 7.11 Å². The molecule has 0 unspecified atom stereocenters. The first-order valence-corrected chi connectivity index (χ1v) is 6.75. The minimum atomic E-state index is -4.33. The van der Waals surface area contributed by atoms with E-state index >= 15 is 0 Å². The number of ether oxygens (including phenoxy) is 1. The number of nitrogens with one attached hydrogen (secondary N) is 1. The van der Waals surface area contributed by atoms with Gasteiger partial charge in [-0.05, 0) is 25.9 Å². The summed E-state index contributed by atoms with van der Waals surface area (Å²) in [6.45, 7) is 8.84. The third-order valence-corrected chi connectivity index (χ3v) is 2.72. The number of hydrogen-bond acceptors (Lipinski definition) is 3. The van der Waals surface area contributed by atoms with Crippen LogP contribution in [-0.2, 0) is 9.53 Å². The number of carbonyl (C=O) groups excluding carboxylic acids is 1. The first-order valence-electron chi connectivity index (χ1n) is 6.75. The van der Waals surface area contributed by atoms with Crippen molar-refractivity contribution in [2.75, 3.05) is 20.2 Å². The molecular weight excluding hydrogens is 259 g/mol. The molecule has 1 saturated heterocycles. The van der Waals surface area contributed by atoms with Gasteiger partial charge in [-0.3, -0.25) is 4.79 Å². The molecule has 0 aliphatic carbocycles. The smallest absolute Gasteiger partial charge is 0.390 e. The molecule has 1 fully saturated rings. The lowest BCUT2D eigenvalue weighted by Crippen LogP contribution is -2.45. The zero-order valence-corrected chi connectivity index (χ0v) is 12.5. The Hall–Kier alpha value is -0.780. The van der Waals surface area contributed by atoms with E-state index in [2.05, 4.69) is 10.1 Å². The van der Waals surface area contributed by atoms with Crippen LogP contribution in [-0.4, -0.2) is 32.3 Å². The fourth-order valence-corrected chi connectivity index (χ4v) is 1.96. The van der Waals surface area contributed by atoms with Gasteiger partial charge < -0.3 is 10.1 Å². The van der Waals surface area contributed by atoms with Gasteiger partial charge in [-0.15, -0.1) is 0 Å². The van der Waals surface area contributed by atoms with Crippen LogP contribution >= 0.6 is 0 Å². The standard InChI is InChI=1S/C9H14F3NO2.2C2H6/c1-15-7(14)8(6-9(10,11)12)2-4-13-5-3-8;2*1-2/h13H,2-6H2,1H3;2*1-2H3. The van der Waals surface area contributed by atoms with Gasteiger partial charge in [0.1, 0.15) is 0 Å². The monoisotopic (exact) mass is 285 g/mol. The van der Waals surface area contributed by atoms with Gasteiger partial charge in [0, 0.05) is 0 Å². The molecule has 1 aliphatic heterocycles. The van der Waals surface area contributed by atoms with Crippen LogP contribution in [0.3, 0.4) is 0 Å². The topological polar surface area (TPSA) is 38.3 Å². The third-order valence-electron chi connectivity index (χ3n) is 2.72. The van der Waals surface area contributed by atoms with Crippen molar-refractivity contribution in [3.8, 4) is 0 Å². The first kappa shape index (κ1) is 20.5. The van der Waals surface area contributed by atoms with Crippen LogP contribution in [0.5, 0.6) is 0 Å². The number of hydrogen-bond donors (Lipinski definition) is 1. The lowest BCUT2D eigenvalue weighted by atomic mass is 9.76. The highest BCUT2D eigenvalue weighted by Crippen LogP contribution is 2.41. The van der Waals surface area contributed by atoms with Crippen LogP contribution in [0.1, 0.15) is 47.0 Å². The molecule has 1 rings (SSSR count). The molecule has 6 heteroatoms. The summed E-state index contributed by atoms with van der Waals surface area (Å²) in [6.07, 6.45) is -5.06. The van der Waals surface area contributed by atoms with E-state index in [9.17, 15) is 18.0 Å². The van der Waals surface area contributed by atoms with Crippen molar-refractivity contribution in [3.63, 3.8) is 0 Å². The van der Waals surface area contributed by atoms with E-state index in [-0.39, 0.29) is 12.8 Å². The summed E-state index contributed by atoms with van der Waals surface area (Å²) in [5.41, 5.74) is -1.38. The average Bonchev–Trinajstić information content (AvgIpc) is 2.41. The van der Waals surface area contributed by atoms with Gasteiger partial charge in [0.05, 0.1) is 18.9 Å². The summed E-state index contributed by atoms with van der Waals surface area (Å²) in [7, 11) is 1.13. The van der Waals surface area contributed by atoms with E-state index < -0.39 is 24.0 Å². The Morgan fingerprint density at radius 3 is 1.89 bits per heavy atom. The molecule has 0 aromatic rings. The second kappa shape index (κ2) is 10.1. The highest BCUT2D eigenvalue weighted by atomic mass is 19.4. The van der Waals surface area contributed by atoms with Gasteiger partial charge in [-0.25, -0.2) is 0 Å². The molecule has 0 aromatic carbocycles. The molecule has 1 heterocycles. The molecule has 19 heavy (non-hydrogen) atoms. The molecule has 3 nitrogen and oxygen atoms in total. The van der Waals surface area contributed by atoms with E-state index in [4.69, 9.17) is 0 Å². The molecule has 1 aliphatic rings. The van der Waals surface area contributed by atoms with E-state index in [1.807, 2.05) is 27.7 Å². The van der Waals surface area contributed by atoms with Gasteiger partial charge in [0.25, 0.3) is 0 Å². The predicted octanol–water partition coefficient (Wildman–Crippen LogP) is 3.53. The number of halogens is 3. The average molecular weight is 285 g/mol. The van der Waals surface area contributed by atoms with Gasteiger partial charge in [0.2, 0.25) is 0 Å². The summed E-state index contributed by atoms with van der Waals surface area (Å²) >= 11 is 0. The Morgan fingerprint density at radius 1 is 1.16 bits per heavy atom. The van der Waals surface area contributed by atoms with Crippen molar-refractivity contribution in [2.45, 2.75) is 53.1 Å². The Morgan fingerprint density at radius 2 is 1.58 bits per heavy atom. The Kier molecular flexibility index (Phi) is 10.9. The molecule has 116 valence electrons. The summed E-state index contributed by atoms with van der Waals surface area (Å²) in [6, 6.07) is 0. The van der Waals surface area contributed by atoms with Gasteiger partial charge in [0.15, 0.2) is 0 Å². The number of alkyl halides is 3. The molecule has 0 aromatic heterocycles. The Labute approximate surface area is 113 Å². The zero-order valence-electron chi connectivity index (χ0n) is 12.5. The van der Waals surface area contributed by atoms with Gasteiger partial charge in [-0.2, -0.15) is 13.2 Å². The number of piperidine rings is 1. The summed E-state index contributed by atoms with van der Waals surface area (Å²) in [4.78, 5) is 11.4. The maximum absolute atomic E-state index is 12.4. The lowest BCUT2D eigenvalue weighted by Gasteiger charge is -2.35. The second-order valence-corrected chi connectivity index (χ2v) is 3.81. The zero-order chi connectivity index (χ0) is 15.5. The predicted molar refractivity (Wildman–Crippen MR) is 69.9 cm³/mol. The summed E-state index contributed by atoms with van der Waals surface area (Å²) in [5.74, 6) is -0.749. The molecular formula is C13H26F3NO2. The van der Waals surface area contributed by atoms with Crippen LogP contribution in [0.2, 0.25) is 0 Å². The highest BCUT2D eigenvalue weighted by Gasteiger charge is 2.48.